The molecule has 0 bridgehead atoms. The summed E-state index contributed by atoms with van der Waals surface area (Å²) >= 11 is 6.31. The van der Waals surface area contributed by atoms with Crippen LogP contribution >= 0.6 is 11.6 Å². The number of rotatable bonds is 4. The lowest BCUT2D eigenvalue weighted by molar-refractivity contribution is -0.137. The largest absolute Gasteiger partial charge is 0.416 e. The van der Waals surface area contributed by atoms with Crippen LogP contribution in [0.25, 0.3) is 16.9 Å². The fraction of sp³-hybridized carbons (Fsp3) is 0.0741. The Kier molecular flexibility index (Phi) is 6.18. The zero-order valence-electron chi connectivity index (χ0n) is 20.3. The van der Waals surface area contributed by atoms with Gasteiger partial charge in [-0.1, -0.05) is 11.6 Å². The Morgan fingerprint density at radius 1 is 1.02 bits per heavy atom. The molecule has 0 radical (unpaired) electrons. The van der Waals surface area contributed by atoms with Crippen LogP contribution in [0.15, 0.2) is 67.3 Å². The molecule has 0 fully saturated rings. The van der Waals surface area contributed by atoms with E-state index in [9.17, 15) is 31.5 Å². The average Bonchev–Trinajstić information content (AvgIpc) is 3.53. The van der Waals surface area contributed by atoms with Crippen molar-refractivity contribution in [3.05, 3.63) is 112 Å². The third-order valence-electron chi connectivity index (χ3n) is 6.45. The van der Waals surface area contributed by atoms with E-state index in [2.05, 4.69) is 25.7 Å². The van der Waals surface area contributed by atoms with Gasteiger partial charge in [-0.2, -0.15) is 18.3 Å². The zero-order chi connectivity index (χ0) is 29.1. The molecule has 2 N–H and O–H groups in total. The Balaban J connectivity index is 1.51. The molecule has 2 aromatic heterocycles. The highest BCUT2D eigenvalue weighted by Crippen LogP contribution is 2.42. The number of fused-ring (bicyclic) bond motifs is 2. The van der Waals surface area contributed by atoms with E-state index >= 15 is 0 Å². The van der Waals surface area contributed by atoms with Crippen molar-refractivity contribution in [1.82, 2.24) is 24.9 Å². The molecule has 2 amide bonds. The number of carbonyl (C=O) groups is 2. The molecular formula is C27H14ClF5N6O2. The molecule has 1 unspecified atom stereocenters. The van der Waals surface area contributed by atoms with Gasteiger partial charge in [0.05, 0.1) is 29.7 Å². The van der Waals surface area contributed by atoms with Crippen LogP contribution in [0.1, 0.15) is 43.4 Å². The second-order valence-corrected chi connectivity index (χ2v) is 9.48. The van der Waals surface area contributed by atoms with Crippen LogP contribution in [-0.2, 0) is 6.18 Å². The van der Waals surface area contributed by atoms with Crippen molar-refractivity contribution in [2.75, 3.05) is 5.32 Å². The smallest absolute Gasteiger partial charge is 0.341 e. The number of anilines is 1. The van der Waals surface area contributed by atoms with Gasteiger partial charge in [0, 0.05) is 38.5 Å². The van der Waals surface area contributed by atoms with Crippen LogP contribution < -0.4 is 10.6 Å². The first-order valence-electron chi connectivity index (χ1n) is 11.8. The third kappa shape index (κ3) is 4.84. The summed E-state index contributed by atoms with van der Waals surface area (Å²) in [6.07, 6.45) is -0.649. The first kappa shape index (κ1) is 26.3. The molecule has 8 nitrogen and oxygen atoms in total. The Labute approximate surface area is 231 Å². The number of alkyl halides is 3. The molecule has 0 aliphatic carbocycles. The number of aromatic nitrogens is 4. The first-order valence-corrected chi connectivity index (χ1v) is 12.1. The molecule has 5 aromatic rings. The van der Waals surface area contributed by atoms with Crippen molar-refractivity contribution < 1.29 is 31.5 Å². The molecule has 14 heteroatoms. The van der Waals surface area contributed by atoms with E-state index in [0.717, 1.165) is 12.1 Å². The monoisotopic (exact) mass is 584 g/mol. The maximum Gasteiger partial charge on any atom is 0.416 e. The van der Waals surface area contributed by atoms with Gasteiger partial charge >= 0.3 is 6.18 Å². The van der Waals surface area contributed by atoms with Crippen molar-refractivity contribution in [2.24, 2.45) is 0 Å². The van der Waals surface area contributed by atoms with E-state index in [0.29, 0.717) is 29.0 Å². The van der Waals surface area contributed by atoms with Gasteiger partial charge < -0.3 is 10.6 Å². The lowest BCUT2D eigenvalue weighted by Gasteiger charge is -2.19. The van der Waals surface area contributed by atoms with Gasteiger partial charge in [0.2, 0.25) is 0 Å². The van der Waals surface area contributed by atoms with Crippen LogP contribution in [0.2, 0.25) is 5.02 Å². The van der Waals surface area contributed by atoms with Crippen LogP contribution in [0.4, 0.5) is 27.6 Å². The summed E-state index contributed by atoms with van der Waals surface area (Å²) in [4.78, 5) is 34.7. The van der Waals surface area contributed by atoms with Gasteiger partial charge in [0.25, 0.3) is 11.8 Å². The predicted octanol–water partition coefficient (Wildman–Crippen LogP) is 5.83. The summed E-state index contributed by atoms with van der Waals surface area (Å²) in [5, 5.41) is 9.36. The van der Waals surface area contributed by atoms with Gasteiger partial charge in [0.1, 0.15) is 18.0 Å². The minimum atomic E-state index is -4.90. The molecule has 1 aliphatic heterocycles. The molecule has 206 valence electrons. The zero-order valence-corrected chi connectivity index (χ0v) is 21.1. The second kappa shape index (κ2) is 9.63. The van der Waals surface area contributed by atoms with E-state index in [1.165, 1.54) is 41.4 Å². The van der Waals surface area contributed by atoms with Gasteiger partial charge in [0.15, 0.2) is 5.65 Å². The number of nitrogens with one attached hydrogen (secondary N) is 2. The van der Waals surface area contributed by atoms with Gasteiger partial charge in [-0.15, -0.1) is 0 Å². The number of halogens is 6. The SMILES string of the molecule is O=C(Nc1cc(-c2cn3ncnc3cn2)cc2c1C(c1cc(F)ccc1Cl)NC2=O)c1cc(F)cc(C(F)(F)F)c1. The molecule has 3 aromatic carbocycles. The van der Waals surface area contributed by atoms with Crippen molar-refractivity contribution in [3.8, 4) is 11.3 Å². The summed E-state index contributed by atoms with van der Waals surface area (Å²) in [7, 11) is 0. The number of carbonyl (C=O) groups excluding carboxylic acids is 2. The summed E-state index contributed by atoms with van der Waals surface area (Å²) in [5.41, 5.74) is -0.496. The van der Waals surface area contributed by atoms with Crippen molar-refractivity contribution >= 4 is 34.7 Å². The first-order chi connectivity index (χ1) is 19.5. The summed E-state index contributed by atoms with van der Waals surface area (Å²) in [6.45, 7) is 0. The quantitative estimate of drug-likeness (QED) is 0.259. The van der Waals surface area contributed by atoms with Gasteiger partial charge in [-0.25, -0.2) is 18.3 Å². The normalized spacial score (nSPS) is 14.7. The number of benzene rings is 3. The molecule has 0 spiro atoms. The van der Waals surface area contributed by atoms with Crippen LogP contribution in [0.3, 0.4) is 0 Å². The lowest BCUT2D eigenvalue weighted by Crippen LogP contribution is -2.21. The highest BCUT2D eigenvalue weighted by atomic mass is 35.5. The average molecular weight is 585 g/mol. The number of hydrogen-bond acceptors (Lipinski definition) is 5. The van der Waals surface area contributed by atoms with E-state index in [4.69, 9.17) is 11.6 Å². The number of amides is 2. The van der Waals surface area contributed by atoms with E-state index in [-0.39, 0.29) is 33.5 Å². The molecule has 41 heavy (non-hydrogen) atoms. The fourth-order valence-electron chi connectivity index (χ4n) is 4.61. The van der Waals surface area contributed by atoms with Crippen molar-refractivity contribution in [1.29, 1.82) is 0 Å². The summed E-state index contributed by atoms with van der Waals surface area (Å²) in [6, 6.07) is 6.86. The van der Waals surface area contributed by atoms with E-state index < -0.39 is 46.8 Å². The third-order valence-corrected chi connectivity index (χ3v) is 6.80. The van der Waals surface area contributed by atoms with Crippen LogP contribution in [0, 0.1) is 11.6 Å². The van der Waals surface area contributed by atoms with Crippen molar-refractivity contribution in [2.45, 2.75) is 12.2 Å². The molecule has 3 heterocycles. The Morgan fingerprint density at radius 2 is 1.83 bits per heavy atom. The van der Waals surface area contributed by atoms with Gasteiger partial charge in [-0.05, 0) is 48.5 Å². The van der Waals surface area contributed by atoms with E-state index in [1.54, 1.807) is 0 Å². The summed E-state index contributed by atoms with van der Waals surface area (Å²) in [5.74, 6) is -3.58. The van der Waals surface area contributed by atoms with Gasteiger partial charge in [-0.3, -0.25) is 14.6 Å². The number of nitrogens with zero attached hydrogens (tertiary/aromatic N) is 4. The maximum absolute atomic E-state index is 14.2. The van der Waals surface area contributed by atoms with Crippen molar-refractivity contribution in [3.63, 3.8) is 0 Å². The highest BCUT2D eigenvalue weighted by Gasteiger charge is 2.36. The maximum atomic E-state index is 14.2. The van der Waals surface area contributed by atoms with Crippen LogP contribution in [-0.4, -0.2) is 31.4 Å². The Hall–Kier alpha value is -4.91. The Morgan fingerprint density at radius 3 is 2.61 bits per heavy atom. The highest BCUT2D eigenvalue weighted by molar-refractivity contribution is 6.31. The molecule has 1 aliphatic rings. The molecule has 6 rings (SSSR count). The number of hydrogen-bond donors (Lipinski definition) is 2. The second-order valence-electron chi connectivity index (χ2n) is 9.07. The summed E-state index contributed by atoms with van der Waals surface area (Å²) < 4.78 is 69.6. The Bertz CT molecular complexity index is 1890. The standard InChI is InChI=1S/C27H14ClF5N6O2/c28-19-2-1-15(29)8-17(19)24-23-18(26(41)38-24)5-12(21-10-39-22(9-34-21)35-11-36-39)6-20(23)37-25(40)13-3-14(27(31,32)33)7-16(30)4-13/h1-11,24H,(H,37,40)(H,38,41). The predicted molar refractivity (Wildman–Crippen MR) is 136 cm³/mol. The minimum Gasteiger partial charge on any atom is -0.341 e. The lowest BCUT2D eigenvalue weighted by atomic mass is 9.93. The molecular weight excluding hydrogens is 571 g/mol. The fourth-order valence-corrected chi connectivity index (χ4v) is 4.84. The topological polar surface area (TPSA) is 101 Å². The molecule has 0 saturated carbocycles. The van der Waals surface area contributed by atoms with E-state index in [1.807, 2.05) is 0 Å². The minimum absolute atomic E-state index is 0.0236. The molecule has 1 atom stereocenters. The van der Waals surface area contributed by atoms with Crippen LogP contribution in [0.5, 0.6) is 0 Å². The molecule has 0 saturated heterocycles.